The molecule has 0 fully saturated rings. The molecule has 0 atom stereocenters. The number of nitrogens with zero attached hydrogens (tertiary/aromatic N) is 1. The van der Waals surface area contributed by atoms with E-state index in [1.54, 1.807) is 19.2 Å². The number of ether oxygens (including phenoxy) is 1. The second-order valence-corrected chi connectivity index (χ2v) is 6.07. The van der Waals surface area contributed by atoms with E-state index in [1.807, 2.05) is 31.2 Å². The van der Waals surface area contributed by atoms with E-state index >= 15 is 0 Å². The summed E-state index contributed by atoms with van der Waals surface area (Å²) in [5.74, 6) is 1.53. The number of aryl methyl sites for hydroxylation is 1. The van der Waals surface area contributed by atoms with Crippen LogP contribution in [0, 0.1) is 6.92 Å². The highest BCUT2D eigenvalue weighted by Crippen LogP contribution is 2.26. The quantitative estimate of drug-likeness (QED) is 0.768. The highest BCUT2D eigenvalue weighted by Gasteiger charge is 2.10. The van der Waals surface area contributed by atoms with E-state index in [1.165, 1.54) is 0 Å². The van der Waals surface area contributed by atoms with Crippen molar-refractivity contribution >= 4 is 16.7 Å². The van der Waals surface area contributed by atoms with Crippen molar-refractivity contribution in [3.8, 4) is 17.1 Å². The fourth-order valence-corrected chi connectivity index (χ4v) is 2.76. The number of aromatic nitrogens is 2. The average molecular weight is 323 g/mol. The zero-order valence-electron chi connectivity index (χ0n) is 14.3. The monoisotopic (exact) mass is 323 g/mol. The summed E-state index contributed by atoms with van der Waals surface area (Å²) in [4.78, 5) is 20.4. The molecule has 5 nitrogen and oxygen atoms in total. The van der Waals surface area contributed by atoms with Gasteiger partial charge in [0.1, 0.15) is 11.6 Å². The predicted molar refractivity (Wildman–Crippen MR) is 97.8 cm³/mol. The largest absolute Gasteiger partial charge is 0.496 e. The van der Waals surface area contributed by atoms with Crippen LogP contribution in [0.25, 0.3) is 22.3 Å². The van der Waals surface area contributed by atoms with Gasteiger partial charge in [0.2, 0.25) is 0 Å². The number of hydrogen-bond donors (Lipinski definition) is 2. The van der Waals surface area contributed by atoms with Gasteiger partial charge in [-0.15, -0.1) is 0 Å². The first kappa shape index (κ1) is 16.1. The summed E-state index contributed by atoms with van der Waals surface area (Å²) < 4.78 is 5.35. The van der Waals surface area contributed by atoms with Crippen LogP contribution in [0.5, 0.6) is 5.75 Å². The third-order valence-electron chi connectivity index (χ3n) is 3.90. The molecule has 5 heteroatoms. The maximum absolute atomic E-state index is 12.5. The minimum absolute atomic E-state index is 0.0338. The second kappa shape index (κ2) is 6.35. The van der Waals surface area contributed by atoms with Crippen LogP contribution in [0.4, 0.5) is 5.82 Å². The first-order valence-electron chi connectivity index (χ1n) is 7.94. The van der Waals surface area contributed by atoms with Crippen molar-refractivity contribution in [3.63, 3.8) is 0 Å². The van der Waals surface area contributed by atoms with Crippen molar-refractivity contribution in [3.05, 3.63) is 52.2 Å². The van der Waals surface area contributed by atoms with Gasteiger partial charge < -0.3 is 15.0 Å². The lowest BCUT2D eigenvalue weighted by atomic mass is 10.1. The van der Waals surface area contributed by atoms with Crippen molar-refractivity contribution < 1.29 is 4.74 Å². The average Bonchev–Trinajstić information content (AvgIpc) is 2.55. The SMILES string of the molecule is COc1ccc2c(=O)cc(-c3cccc(NC(C)C)n3)[nH]c2c1C. The van der Waals surface area contributed by atoms with Gasteiger partial charge in [-0.05, 0) is 45.0 Å². The lowest BCUT2D eigenvalue weighted by molar-refractivity contribution is 0.412. The van der Waals surface area contributed by atoms with E-state index in [0.29, 0.717) is 11.1 Å². The Balaban J connectivity index is 2.17. The van der Waals surface area contributed by atoms with Crippen molar-refractivity contribution in [1.82, 2.24) is 9.97 Å². The number of nitrogens with one attached hydrogen (secondary N) is 2. The van der Waals surface area contributed by atoms with Crippen LogP contribution in [0.3, 0.4) is 0 Å². The second-order valence-electron chi connectivity index (χ2n) is 6.07. The van der Waals surface area contributed by atoms with E-state index in [4.69, 9.17) is 4.74 Å². The third kappa shape index (κ3) is 2.97. The maximum atomic E-state index is 12.5. The van der Waals surface area contributed by atoms with Crippen LogP contribution in [-0.2, 0) is 0 Å². The number of aromatic amines is 1. The smallest absolute Gasteiger partial charge is 0.190 e. The molecule has 0 saturated carbocycles. The Kier molecular flexibility index (Phi) is 4.25. The van der Waals surface area contributed by atoms with Crippen LogP contribution in [-0.4, -0.2) is 23.1 Å². The molecule has 124 valence electrons. The number of rotatable bonds is 4. The lowest BCUT2D eigenvalue weighted by Crippen LogP contribution is -2.11. The number of hydrogen-bond acceptors (Lipinski definition) is 4. The molecule has 2 N–H and O–H groups in total. The number of methoxy groups -OCH3 is 1. The molecule has 24 heavy (non-hydrogen) atoms. The van der Waals surface area contributed by atoms with Gasteiger partial charge in [-0.1, -0.05) is 6.07 Å². The Hall–Kier alpha value is -2.82. The minimum atomic E-state index is -0.0338. The zero-order valence-corrected chi connectivity index (χ0v) is 14.3. The third-order valence-corrected chi connectivity index (χ3v) is 3.90. The van der Waals surface area contributed by atoms with Gasteiger partial charge in [0.25, 0.3) is 0 Å². The summed E-state index contributed by atoms with van der Waals surface area (Å²) >= 11 is 0. The van der Waals surface area contributed by atoms with E-state index in [2.05, 4.69) is 29.1 Å². The van der Waals surface area contributed by atoms with Crippen LogP contribution in [0.2, 0.25) is 0 Å². The molecule has 0 bridgehead atoms. The lowest BCUT2D eigenvalue weighted by Gasteiger charge is -2.12. The standard InChI is InChI=1S/C19H21N3O2/c1-11(2)20-18-7-5-6-14(21-18)15-10-16(23)13-8-9-17(24-4)12(3)19(13)22-15/h5-11H,1-4H3,(H,20,21)(H,22,23). The molecule has 0 aliphatic rings. The fraction of sp³-hybridized carbons (Fsp3) is 0.263. The van der Waals surface area contributed by atoms with Crippen molar-refractivity contribution in [2.75, 3.05) is 12.4 Å². The topological polar surface area (TPSA) is 67.0 Å². The van der Waals surface area contributed by atoms with Crippen LogP contribution >= 0.6 is 0 Å². The Labute approximate surface area is 140 Å². The van der Waals surface area contributed by atoms with E-state index < -0.39 is 0 Å². The molecular weight excluding hydrogens is 302 g/mol. The Morgan fingerprint density at radius 2 is 2.00 bits per heavy atom. The number of H-pyrrole nitrogens is 1. The molecule has 0 unspecified atom stereocenters. The van der Waals surface area contributed by atoms with Gasteiger partial charge in [-0.25, -0.2) is 4.98 Å². The summed E-state index contributed by atoms with van der Waals surface area (Å²) in [6.07, 6.45) is 0. The number of fused-ring (bicyclic) bond motifs is 1. The Bertz CT molecular complexity index is 945. The van der Waals surface area contributed by atoms with E-state index in [0.717, 1.165) is 28.3 Å². The first-order chi connectivity index (χ1) is 11.5. The Morgan fingerprint density at radius 3 is 2.71 bits per heavy atom. The number of anilines is 1. The van der Waals surface area contributed by atoms with Gasteiger partial charge in [-0.2, -0.15) is 0 Å². The molecule has 3 rings (SSSR count). The van der Waals surface area contributed by atoms with Crippen LogP contribution in [0.1, 0.15) is 19.4 Å². The van der Waals surface area contributed by atoms with Crippen molar-refractivity contribution in [2.45, 2.75) is 26.8 Å². The number of benzene rings is 1. The van der Waals surface area contributed by atoms with Crippen LogP contribution in [0.15, 0.2) is 41.2 Å². The zero-order chi connectivity index (χ0) is 17.3. The van der Waals surface area contributed by atoms with E-state index in [-0.39, 0.29) is 11.5 Å². The molecule has 2 heterocycles. The van der Waals surface area contributed by atoms with Gasteiger partial charge >= 0.3 is 0 Å². The summed E-state index contributed by atoms with van der Waals surface area (Å²) in [5, 5.41) is 3.92. The molecule has 0 aliphatic heterocycles. The van der Waals surface area contributed by atoms with Crippen molar-refractivity contribution in [1.29, 1.82) is 0 Å². The first-order valence-corrected chi connectivity index (χ1v) is 7.94. The molecule has 3 aromatic rings. The summed E-state index contributed by atoms with van der Waals surface area (Å²) in [7, 11) is 1.62. The van der Waals surface area contributed by atoms with Crippen molar-refractivity contribution in [2.24, 2.45) is 0 Å². The maximum Gasteiger partial charge on any atom is 0.190 e. The molecule has 0 saturated heterocycles. The van der Waals surface area contributed by atoms with Gasteiger partial charge in [0, 0.05) is 23.1 Å². The molecular formula is C19H21N3O2. The molecule has 0 aliphatic carbocycles. The van der Waals surface area contributed by atoms with Gasteiger partial charge in [-0.3, -0.25) is 4.79 Å². The van der Waals surface area contributed by atoms with Gasteiger partial charge in [0.15, 0.2) is 5.43 Å². The molecule has 2 aromatic heterocycles. The fourth-order valence-electron chi connectivity index (χ4n) is 2.76. The summed E-state index contributed by atoms with van der Waals surface area (Å²) in [6, 6.07) is 11.2. The summed E-state index contributed by atoms with van der Waals surface area (Å²) in [5.41, 5.74) is 3.07. The Morgan fingerprint density at radius 1 is 1.21 bits per heavy atom. The normalized spacial score (nSPS) is 11.0. The minimum Gasteiger partial charge on any atom is -0.496 e. The molecule has 0 spiro atoms. The highest BCUT2D eigenvalue weighted by atomic mass is 16.5. The molecule has 0 radical (unpaired) electrons. The van der Waals surface area contributed by atoms with Crippen LogP contribution < -0.4 is 15.5 Å². The molecule has 0 amide bonds. The van der Waals surface area contributed by atoms with Gasteiger partial charge in [0.05, 0.1) is 24.0 Å². The number of pyridine rings is 2. The predicted octanol–water partition coefficient (Wildman–Crippen LogP) is 3.73. The van der Waals surface area contributed by atoms with E-state index in [9.17, 15) is 4.79 Å². The highest BCUT2D eigenvalue weighted by molar-refractivity contribution is 5.85. The molecule has 1 aromatic carbocycles. The summed E-state index contributed by atoms with van der Waals surface area (Å²) in [6.45, 7) is 6.05.